The van der Waals surface area contributed by atoms with Crippen molar-refractivity contribution in [1.29, 1.82) is 0 Å². The SMILES string of the molecule is Cl.O/N=C(/Cl)c1ccccc1. The number of benzene rings is 1. The number of nitrogens with zero attached hydrogens (tertiary/aromatic N) is 1. The maximum atomic E-state index is 8.24. The van der Waals surface area contributed by atoms with Crippen molar-refractivity contribution in [3.8, 4) is 0 Å². The topological polar surface area (TPSA) is 32.6 Å². The van der Waals surface area contributed by atoms with Crippen molar-refractivity contribution in [1.82, 2.24) is 0 Å². The van der Waals surface area contributed by atoms with Gasteiger partial charge in [0, 0.05) is 5.56 Å². The van der Waals surface area contributed by atoms with E-state index in [-0.39, 0.29) is 17.6 Å². The van der Waals surface area contributed by atoms with Crippen LogP contribution in [0.5, 0.6) is 0 Å². The zero-order chi connectivity index (χ0) is 7.40. The Kier molecular flexibility index (Phi) is 4.66. The molecule has 0 radical (unpaired) electrons. The smallest absolute Gasteiger partial charge is 0.175 e. The molecule has 0 aliphatic carbocycles. The first-order chi connectivity index (χ1) is 4.84. The molecule has 4 heteroatoms. The molecule has 0 heterocycles. The second kappa shape index (κ2) is 4.99. The molecule has 0 aliphatic heterocycles. The minimum absolute atomic E-state index is 0. The third-order valence-corrected chi connectivity index (χ3v) is 1.39. The minimum atomic E-state index is 0. The molecule has 0 spiro atoms. The van der Waals surface area contributed by atoms with Crippen molar-refractivity contribution in [2.24, 2.45) is 5.16 Å². The molecule has 0 saturated carbocycles. The monoisotopic (exact) mass is 191 g/mol. The van der Waals surface area contributed by atoms with Crippen molar-refractivity contribution < 1.29 is 5.21 Å². The lowest BCUT2D eigenvalue weighted by atomic mass is 10.2. The molecule has 0 aromatic heterocycles. The zero-order valence-electron chi connectivity index (χ0n) is 5.57. The molecule has 60 valence electrons. The molecule has 2 nitrogen and oxygen atoms in total. The van der Waals surface area contributed by atoms with Crippen LogP contribution in [0.2, 0.25) is 0 Å². The Morgan fingerprint density at radius 3 is 2.27 bits per heavy atom. The first-order valence-corrected chi connectivity index (χ1v) is 3.15. The van der Waals surface area contributed by atoms with Crippen molar-refractivity contribution in [3.63, 3.8) is 0 Å². The summed E-state index contributed by atoms with van der Waals surface area (Å²) >= 11 is 5.49. The predicted octanol–water partition coefficient (Wildman–Crippen LogP) is 2.48. The fourth-order valence-electron chi connectivity index (χ4n) is 0.633. The van der Waals surface area contributed by atoms with Gasteiger partial charge in [-0.25, -0.2) is 0 Å². The van der Waals surface area contributed by atoms with E-state index in [0.29, 0.717) is 5.56 Å². The summed E-state index contributed by atoms with van der Waals surface area (Å²) in [6, 6.07) is 9.04. The van der Waals surface area contributed by atoms with Gasteiger partial charge in [-0.05, 0) is 0 Å². The predicted molar refractivity (Wildman–Crippen MR) is 47.9 cm³/mol. The lowest BCUT2D eigenvalue weighted by molar-refractivity contribution is 0.321. The molecule has 11 heavy (non-hydrogen) atoms. The van der Waals surface area contributed by atoms with Crippen molar-refractivity contribution in [2.45, 2.75) is 0 Å². The van der Waals surface area contributed by atoms with E-state index in [4.69, 9.17) is 16.8 Å². The van der Waals surface area contributed by atoms with E-state index < -0.39 is 0 Å². The Labute approximate surface area is 75.9 Å². The highest BCUT2D eigenvalue weighted by Crippen LogP contribution is 2.02. The van der Waals surface area contributed by atoms with Crippen LogP contribution >= 0.6 is 24.0 Å². The van der Waals surface area contributed by atoms with Gasteiger partial charge in [0.1, 0.15) is 0 Å². The summed E-state index contributed by atoms with van der Waals surface area (Å²) in [5.74, 6) is 0. The van der Waals surface area contributed by atoms with Crippen LogP contribution in [-0.4, -0.2) is 10.4 Å². The molecular weight excluding hydrogens is 185 g/mol. The van der Waals surface area contributed by atoms with Crippen LogP contribution in [0.15, 0.2) is 35.5 Å². The van der Waals surface area contributed by atoms with Crippen LogP contribution in [0.1, 0.15) is 5.56 Å². The Balaban J connectivity index is 0.000001000. The zero-order valence-corrected chi connectivity index (χ0v) is 7.14. The largest absolute Gasteiger partial charge is 0.410 e. The van der Waals surface area contributed by atoms with Gasteiger partial charge in [-0.2, -0.15) is 0 Å². The van der Waals surface area contributed by atoms with Crippen LogP contribution in [0.3, 0.4) is 0 Å². The van der Waals surface area contributed by atoms with Gasteiger partial charge in [0.15, 0.2) is 5.17 Å². The molecular formula is C7H7Cl2NO. The number of rotatable bonds is 1. The molecule has 0 unspecified atom stereocenters. The quantitative estimate of drug-likeness (QED) is 0.413. The fourth-order valence-corrected chi connectivity index (χ4v) is 0.759. The maximum absolute atomic E-state index is 8.24. The highest BCUT2D eigenvalue weighted by atomic mass is 35.5. The lowest BCUT2D eigenvalue weighted by Crippen LogP contribution is -1.88. The van der Waals surface area contributed by atoms with Crippen LogP contribution in [0.4, 0.5) is 0 Å². The van der Waals surface area contributed by atoms with Gasteiger partial charge in [0.25, 0.3) is 0 Å². The standard InChI is InChI=1S/C7H6ClNO.ClH/c8-7(9-10)6-4-2-1-3-5-6;/h1-5,10H;1H/b9-7+;. The van der Waals surface area contributed by atoms with E-state index in [1.54, 1.807) is 12.1 Å². The molecule has 0 saturated heterocycles. The summed E-state index contributed by atoms with van der Waals surface area (Å²) in [5, 5.41) is 11.2. The van der Waals surface area contributed by atoms with E-state index >= 15 is 0 Å². The summed E-state index contributed by atoms with van der Waals surface area (Å²) in [7, 11) is 0. The van der Waals surface area contributed by atoms with Crippen LogP contribution < -0.4 is 0 Å². The van der Waals surface area contributed by atoms with Crippen LogP contribution in [-0.2, 0) is 0 Å². The first kappa shape index (κ1) is 10.3. The van der Waals surface area contributed by atoms with E-state index in [1.165, 1.54) is 0 Å². The van der Waals surface area contributed by atoms with Crippen LogP contribution in [0, 0.1) is 0 Å². The summed E-state index contributed by atoms with van der Waals surface area (Å²) in [6.45, 7) is 0. The Hall–Kier alpha value is -0.730. The Morgan fingerprint density at radius 2 is 1.82 bits per heavy atom. The molecule has 0 bridgehead atoms. The lowest BCUT2D eigenvalue weighted by Gasteiger charge is -1.91. The molecule has 1 N–H and O–H groups in total. The number of halogens is 2. The number of oxime groups is 1. The molecule has 0 fully saturated rings. The van der Waals surface area contributed by atoms with Crippen molar-refractivity contribution >= 4 is 29.2 Å². The molecule has 0 amide bonds. The van der Waals surface area contributed by atoms with Crippen LogP contribution in [0.25, 0.3) is 0 Å². The second-order valence-corrected chi connectivity index (χ2v) is 2.11. The molecule has 1 aromatic carbocycles. The summed E-state index contributed by atoms with van der Waals surface area (Å²) < 4.78 is 0. The normalized spacial score (nSPS) is 10.5. The third kappa shape index (κ3) is 2.78. The molecule has 0 atom stereocenters. The molecule has 1 aromatic rings. The fraction of sp³-hybridized carbons (Fsp3) is 0. The van der Waals surface area contributed by atoms with E-state index in [2.05, 4.69) is 5.16 Å². The highest BCUT2D eigenvalue weighted by Gasteiger charge is 1.95. The summed E-state index contributed by atoms with van der Waals surface area (Å²) in [4.78, 5) is 0. The maximum Gasteiger partial charge on any atom is 0.175 e. The van der Waals surface area contributed by atoms with Gasteiger partial charge < -0.3 is 5.21 Å². The third-order valence-electron chi connectivity index (χ3n) is 1.10. The van der Waals surface area contributed by atoms with Crippen molar-refractivity contribution in [3.05, 3.63) is 35.9 Å². The van der Waals surface area contributed by atoms with E-state index in [1.807, 2.05) is 18.2 Å². The summed E-state index contributed by atoms with van der Waals surface area (Å²) in [5.41, 5.74) is 0.715. The minimum Gasteiger partial charge on any atom is -0.410 e. The highest BCUT2D eigenvalue weighted by molar-refractivity contribution is 6.69. The van der Waals surface area contributed by atoms with E-state index in [9.17, 15) is 0 Å². The summed E-state index contributed by atoms with van der Waals surface area (Å²) in [6.07, 6.45) is 0. The van der Waals surface area contributed by atoms with Gasteiger partial charge in [-0.3, -0.25) is 0 Å². The van der Waals surface area contributed by atoms with E-state index in [0.717, 1.165) is 0 Å². The van der Waals surface area contributed by atoms with Gasteiger partial charge >= 0.3 is 0 Å². The Bertz CT molecular complexity index is 235. The number of hydrogen-bond acceptors (Lipinski definition) is 2. The average Bonchev–Trinajstić information content (AvgIpc) is 2.05. The average molecular weight is 192 g/mol. The molecule has 0 aliphatic rings. The molecule has 1 rings (SSSR count). The second-order valence-electron chi connectivity index (χ2n) is 1.76. The van der Waals surface area contributed by atoms with Gasteiger partial charge in [-0.15, -0.1) is 12.4 Å². The van der Waals surface area contributed by atoms with Crippen molar-refractivity contribution in [2.75, 3.05) is 0 Å². The van der Waals surface area contributed by atoms with Gasteiger partial charge in [0.2, 0.25) is 0 Å². The van der Waals surface area contributed by atoms with Gasteiger partial charge in [0.05, 0.1) is 0 Å². The van der Waals surface area contributed by atoms with Gasteiger partial charge in [-0.1, -0.05) is 47.1 Å². The Morgan fingerprint density at radius 1 is 1.27 bits per heavy atom. The number of hydrogen-bond donors (Lipinski definition) is 1. The first-order valence-electron chi connectivity index (χ1n) is 2.77.